The molecular weight excluding hydrogens is 320 g/mol. The lowest BCUT2D eigenvalue weighted by atomic mass is 9.97. The number of aromatic nitrogens is 3. The normalized spacial score (nSPS) is 17.5. The van der Waals surface area contributed by atoms with Crippen LogP contribution < -0.4 is 0 Å². The van der Waals surface area contributed by atoms with E-state index in [-0.39, 0.29) is 18.4 Å². The smallest absolute Gasteiger partial charge is 0.303 e. The van der Waals surface area contributed by atoms with Gasteiger partial charge in [-0.25, -0.2) is 4.68 Å². The second kappa shape index (κ2) is 7.46. The monoisotopic (exact) mass is 342 g/mol. The number of para-hydroxylation sites is 1. The van der Waals surface area contributed by atoms with Crippen LogP contribution in [0.1, 0.15) is 48.3 Å². The Balaban J connectivity index is 1.82. The van der Waals surface area contributed by atoms with Crippen molar-refractivity contribution in [3.05, 3.63) is 41.7 Å². The van der Waals surface area contributed by atoms with E-state index in [2.05, 4.69) is 10.3 Å². The molecule has 1 fully saturated rings. The molecule has 1 unspecified atom stereocenters. The molecule has 1 saturated heterocycles. The fraction of sp³-hybridized carbons (Fsp3) is 0.444. The molecule has 1 aromatic carbocycles. The molecule has 25 heavy (non-hydrogen) atoms. The average molecular weight is 342 g/mol. The molecule has 0 spiro atoms. The van der Waals surface area contributed by atoms with Crippen molar-refractivity contribution in [2.75, 3.05) is 6.54 Å². The highest BCUT2D eigenvalue weighted by molar-refractivity contribution is 5.93. The van der Waals surface area contributed by atoms with E-state index in [0.29, 0.717) is 24.4 Å². The Morgan fingerprint density at radius 2 is 2.00 bits per heavy atom. The highest BCUT2D eigenvalue weighted by Crippen LogP contribution is 2.24. The van der Waals surface area contributed by atoms with Gasteiger partial charge in [0, 0.05) is 19.0 Å². The molecule has 7 nitrogen and oxygen atoms in total. The van der Waals surface area contributed by atoms with Gasteiger partial charge in [-0.05, 0) is 44.7 Å². The average Bonchev–Trinajstić information content (AvgIpc) is 3.02. The van der Waals surface area contributed by atoms with Crippen LogP contribution in [0, 0.1) is 6.92 Å². The highest BCUT2D eigenvalue weighted by Gasteiger charge is 2.30. The molecule has 1 N–H and O–H groups in total. The van der Waals surface area contributed by atoms with Crippen LogP contribution in [0.15, 0.2) is 30.3 Å². The van der Waals surface area contributed by atoms with Gasteiger partial charge in [-0.2, -0.15) is 0 Å². The van der Waals surface area contributed by atoms with Crippen molar-refractivity contribution < 1.29 is 14.7 Å². The number of carbonyl (C=O) groups is 2. The molecule has 0 bridgehead atoms. The van der Waals surface area contributed by atoms with Crippen LogP contribution in [-0.2, 0) is 4.79 Å². The Morgan fingerprint density at radius 1 is 1.24 bits per heavy atom. The summed E-state index contributed by atoms with van der Waals surface area (Å²) in [5, 5.41) is 17.2. The van der Waals surface area contributed by atoms with Crippen LogP contribution in [0.2, 0.25) is 0 Å². The Hall–Kier alpha value is -2.70. The molecule has 132 valence electrons. The molecule has 2 heterocycles. The van der Waals surface area contributed by atoms with Gasteiger partial charge in [0.15, 0.2) is 5.69 Å². The van der Waals surface area contributed by atoms with Crippen molar-refractivity contribution in [1.82, 2.24) is 19.9 Å². The van der Waals surface area contributed by atoms with Crippen LogP contribution in [0.5, 0.6) is 0 Å². The van der Waals surface area contributed by atoms with Crippen molar-refractivity contribution >= 4 is 11.9 Å². The van der Waals surface area contributed by atoms with Gasteiger partial charge >= 0.3 is 5.97 Å². The molecule has 0 aliphatic carbocycles. The van der Waals surface area contributed by atoms with Crippen molar-refractivity contribution in [1.29, 1.82) is 0 Å². The Labute approximate surface area is 146 Å². The number of carboxylic acids is 1. The van der Waals surface area contributed by atoms with E-state index in [1.807, 2.05) is 37.3 Å². The Morgan fingerprint density at radius 3 is 2.72 bits per heavy atom. The van der Waals surface area contributed by atoms with E-state index in [4.69, 9.17) is 5.11 Å². The topological polar surface area (TPSA) is 88.3 Å². The summed E-state index contributed by atoms with van der Waals surface area (Å²) in [5.74, 6) is -0.987. The summed E-state index contributed by atoms with van der Waals surface area (Å²) in [4.78, 5) is 25.6. The number of hydrogen-bond acceptors (Lipinski definition) is 4. The van der Waals surface area contributed by atoms with E-state index in [1.165, 1.54) is 0 Å². The predicted octanol–water partition coefficient (Wildman–Crippen LogP) is 2.44. The zero-order valence-corrected chi connectivity index (χ0v) is 14.3. The third-order valence-corrected chi connectivity index (χ3v) is 4.68. The van der Waals surface area contributed by atoms with E-state index in [0.717, 1.165) is 24.9 Å². The second-order valence-corrected chi connectivity index (χ2v) is 6.35. The summed E-state index contributed by atoms with van der Waals surface area (Å²) < 4.78 is 1.66. The molecule has 3 rings (SSSR count). The first kappa shape index (κ1) is 17.1. The first-order chi connectivity index (χ1) is 12.1. The molecule has 7 heteroatoms. The molecule has 1 aliphatic rings. The summed E-state index contributed by atoms with van der Waals surface area (Å²) in [6.07, 6.45) is 3.34. The number of carboxylic acid groups (broad SMARTS) is 1. The van der Waals surface area contributed by atoms with Crippen molar-refractivity contribution in [2.24, 2.45) is 0 Å². The number of carbonyl (C=O) groups excluding carboxylic acids is 1. The Kier molecular flexibility index (Phi) is 5.11. The lowest BCUT2D eigenvalue weighted by molar-refractivity contribution is -0.137. The number of nitrogens with zero attached hydrogens (tertiary/aromatic N) is 4. The van der Waals surface area contributed by atoms with Crippen molar-refractivity contribution in [3.8, 4) is 5.69 Å². The van der Waals surface area contributed by atoms with Gasteiger partial charge in [0.25, 0.3) is 5.91 Å². The number of likely N-dealkylation sites (tertiary alicyclic amines) is 1. The van der Waals surface area contributed by atoms with Crippen molar-refractivity contribution in [3.63, 3.8) is 0 Å². The molecule has 0 radical (unpaired) electrons. The number of piperidine rings is 1. The molecule has 1 aromatic heterocycles. The largest absolute Gasteiger partial charge is 0.481 e. The quantitative estimate of drug-likeness (QED) is 0.901. The van der Waals surface area contributed by atoms with Crippen LogP contribution >= 0.6 is 0 Å². The molecule has 1 atom stereocenters. The highest BCUT2D eigenvalue weighted by atomic mass is 16.4. The van der Waals surface area contributed by atoms with Crippen LogP contribution in [0.4, 0.5) is 0 Å². The third-order valence-electron chi connectivity index (χ3n) is 4.68. The van der Waals surface area contributed by atoms with Gasteiger partial charge in [-0.15, -0.1) is 5.10 Å². The number of benzene rings is 1. The summed E-state index contributed by atoms with van der Waals surface area (Å²) in [5.41, 5.74) is 1.89. The van der Waals surface area contributed by atoms with Crippen LogP contribution in [0.25, 0.3) is 5.69 Å². The lowest BCUT2D eigenvalue weighted by Crippen LogP contribution is -2.44. The van der Waals surface area contributed by atoms with Gasteiger partial charge in [0.2, 0.25) is 0 Å². The van der Waals surface area contributed by atoms with E-state index in [9.17, 15) is 9.59 Å². The zero-order chi connectivity index (χ0) is 17.8. The van der Waals surface area contributed by atoms with E-state index >= 15 is 0 Å². The predicted molar refractivity (Wildman–Crippen MR) is 91.6 cm³/mol. The molecule has 1 amide bonds. The minimum absolute atomic E-state index is 0.0429. The number of rotatable bonds is 5. The Bertz CT molecular complexity index is 757. The van der Waals surface area contributed by atoms with E-state index < -0.39 is 5.97 Å². The second-order valence-electron chi connectivity index (χ2n) is 6.35. The van der Waals surface area contributed by atoms with Gasteiger partial charge < -0.3 is 10.0 Å². The fourth-order valence-electron chi connectivity index (χ4n) is 3.34. The van der Waals surface area contributed by atoms with Crippen LogP contribution in [0.3, 0.4) is 0 Å². The van der Waals surface area contributed by atoms with Gasteiger partial charge in [-0.3, -0.25) is 9.59 Å². The fourth-order valence-corrected chi connectivity index (χ4v) is 3.34. The van der Waals surface area contributed by atoms with Gasteiger partial charge in [-0.1, -0.05) is 23.4 Å². The third kappa shape index (κ3) is 3.70. The van der Waals surface area contributed by atoms with Gasteiger partial charge in [0.05, 0.1) is 11.4 Å². The first-order valence-corrected chi connectivity index (χ1v) is 8.58. The molecular formula is C18H22N4O3. The minimum Gasteiger partial charge on any atom is -0.481 e. The maximum Gasteiger partial charge on any atom is 0.303 e. The van der Waals surface area contributed by atoms with Crippen LogP contribution in [-0.4, -0.2) is 49.5 Å². The first-order valence-electron chi connectivity index (χ1n) is 8.58. The molecule has 0 saturated carbocycles. The standard InChI is InChI=1S/C18H22N4O3/c1-13-17(19-20-22(13)15-8-3-2-4-9-15)18(25)21-12-6-5-7-14(21)10-11-16(23)24/h2-4,8-9,14H,5-7,10-12H2,1H3,(H,23,24). The lowest BCUT2D eigenvalue weighted by Gasteiger charge is -2.35. The van der Waals surface area contributed by atoms with E-state index in [1.54, 1.807) is 9.58 Å². The van der Waals surface area contributed by atoms with Gasteiger partial charge in [0.1, 0.15) is 0 Å². The molecule has 1 aliphatic heterocycles. The maximum atomic E-state index is 13.0. The van der Waals surface area contributed by atoms with Crippen molar-refractivity contribution in [2.45, 2.75) is 45.1 Å². The zero-order valence-electron chi connectivity index (χ0n) is 14.3. The summed E-state index contributed by atoms with van der Waals surface area (Å²) >= 11 is 0. The summed E-state index contributed by atoms with van der Waals surface area (Å²) in [7, 11) is 0. The summed E-state index contributed by atoms with van der Waals surface area (Å²) in [6, 6.07) is 9.51. The molecule has 2 aromatic rings. The summed E-state index contributed by atoms with van der Waals surface area (Å²) in [6.45, 7) is 2.47. The number of amides is 1. The number of hydrogen-bond donors (Lipinski definition) is 1. The minimum atomic E-state index is -0.829. The SMILES string of the molecule is Cc1c(C(=O)N2CCCCC2CCC(=O)O)nnn1-c1ccccc1. The number of aliphatic carboxylic acids is 1. The maximum absolute atomic E-state index is 13.0.